The Bertz CT molecular complexity index is 160. The minimum atomic E-state index is -1.19. The van der Waals surface area contributed by atoms with Gasteiger partial charge in [-0.3, -0.25) is 4.79 Å². The van der Waals surface area contributed by atoms with E-state index in [1.807, 2.05) is 0 Å². The fraction of sp³-hybridized carbons (Fsp3) is 0.714. The quantitative estimate of drug-likeness (QED) is 0.592. The normalized spacial score (nSPS) is 12.2. The average molecular weight is 175 g/mol. The first-order valence-electron chi connectivity index (χ1n) is 3.65. The van der Waals surface area contributed by atoms with Crippen molar-refractivity contribution < 1.29 is 19.8 Å². The Hall–Kier alpha value is -1.10. The Balaban J connectivity index is 4.44. The molecule has 5 heteroatoms. The topological polar surface area (TPSA) is 77.8 Å². The molecule has 70 valence electrons. The van der Waals surface area contributed by atoms with Crippen LogP contribution in [0.4, 0.5) is 0 Å². The third-order valence-corrected chi connectivity index (χ3v) is 1.58. The molecule has 1 atom stereocenters. The molecule has 0 fully saturated rings. The molecule has 0 aromatic heterocycles. The highest BCUT2D eigenvalue weighted by molar-refractivity contribution is 5.82. The van der Waals surface area contributed by atoms with E-state index in [4.69, 9.17) is 10.2 Å². The number of carbonyl (C=O) groups excluding carboxylic acids is 1. The van der Waals surface area contributed by atoms with Crippen molar-refractivity contribution >= 4 is 11.9 Å². The fourth-order valence-electron chi connectivity index (χ4n) is 0.972. The first-order chi connectivity index (χ1) is 5.54. The first kappa shape index (κ1) is 10.9. The van der Waals surface area contributed by atoms with E-state index in [1.54, 1.807) is 6.92 Å². The van der Waals surface area contributed by atoms with Gasteiger partial charge in [-0.25, -0.2) is 4.79 Å². The zero-order valence-electron chi connectivity index (χ0n) is 7.15. The molecule has 1 amide bonds. The van der Waals surface area contributed by atoms with Crippen LogP contribution < -0.4 is 0 Å². The van der Waals surface area contributed by atoms with E-state index in [0.29, 0.717) is 0 Å². The first-order valence-corrected chi connectivity index (χ1v) is 3.65. The second-order valence-electron chi connectivity index (χ2n) is 2.34. The highest BCUT2D eigenvalue weighted by Crippen LogP contribution is 1.99. The number of aliphatic carboxylic acids is 1. The number of carboxylic acid groups (broad SMARTS) is 1. The van der Waals surface area contributed by atoms with Crippen molar-refractivity contribution in [1.82, 2.24) is 4.90 Å². The molecule has 0 aromatic rings. The molecule has 0 saturated carbocycles. The fourth-order valence-corrected chi connectivity index (χ4v) is 0.972. The lowest BCUT2D eigenvalue weighted by Gasteiger charge is -2.24. The number of hydrogen-bond acceptors (Lipinski definition) is 3. The SMILES string of the molecule is CCN(C(C)=O)C(CO)C(=O)O. The summed E-state index contributed by atoms with van der Waals surface area (Å²) in [5.41, 5.74) is 0. The smallest absolute Gasteiger partial charge is 0.328 e. The molecule has 0 aliphatic heterocycles. The largest absolute Gasteiger partial charge is 0.480 e. The number of carbonyl (C=O) groups is 2. The van der Waals surface area contributed by atoms with Crippen molar-refractivity contribution in [2.45, 2.75) is 19.9 Å². The molecule has 1 unspecified atom stereocenters. The molecule has 5 nitrogen and oxygen atoms in total. The van der Waals surface area contributed by atoms with Crippen molar-refractivity contribution in [1.29, 1.82) is 0 Å². The van der Waals surface area contributed by atoms with Crippen LogP contribution in [0.2, 0.25) is 0 Å². The van der Waals surface area contributed by atoms with Gasteiger partial charge in [0.2, 0.25) is 5.91 Å². The molecule has 0 bridgehead atoms. The monoisotopic (exact) mass is 175 g/mol. The molecule has 0 heterocycles. The Morgan fingerprint density at radius 1 is 1.50 bits per heavy atom. The Morgan fingerprint density at radius 3 is 2.08 bits per heavy atom. The molecular formula is C7H13NO4. The van der Waals surface area contributed by atoms with Crippen molar-refractivity contribution in [2.75, 3.05) is 13.2 Å². The second-order valence-corrected chi connectivity index (χ2v) is 2.34. The van der Waals surface area contributed by atoms with Crippen LogP contribution in [0.5, 0.6) is 0 Å². The van der Waals surface area contributed by atoms with Gasteiger partial charge in [-0.15, -0.1) is 0 Å². The van der Waals surface area contributed by atoms with Crippen molar-refractivity contribution in [3.8, 4) is 0 Å². The van der Waals surface area contributed by atoms with Crippen LogP contribution in [0.15, 0.2) is 0 Å². The molecule has 0 rings (SSSR count). The molecule has 0 saturated heterocycles. The zero-order chi connectivity index (χ0) is 9.72. The minimum absolute atomic E-state index is 0.285. The number of nitrogens with zero attached hydrogens (tertiary/aromatic N) is 1. The van der Waals surface area contributed by atoms with Gasteiger partial charge in [-0.05, 0) is 6.92 Å². The number of rotatable bonds is 4. The van der Waals surface area contributed by atoms with Gasteiger partial charge in [-0.1, -0.05) is 0 Å². The number of hydrogen-bond donors (Lipinski definition) is 2. The van der Waals surface area contributed by atoms with E-state index < -0.39 is 18.6 Å². The number of amides is 1. The molecule has 0 aromatic carbocycles. The minimum Gasteiger partial charge on any atom is -0.480 e. The predicted molar refractivity (Wildman–Crippen MR) is 41.6 cm³/mol. The standard InChI is InChI=1S/C7H13NO4/c1-3-8(5(2)10)6(4-9)7(11)12/h6,9H,3-4H2,1-2H3,(H,11,12). The van der Waals surface area contributed by atoms with Crippen LogP contribution in [0.25, 0.3) is 0 Å². The number of likely N-dealkylation sites (N-methyl/N-ethyl adjacent to an activating group) is 1. The maximum absolute atomic E-state index is 10.8. The summed E-state index contributed by atoms with van der Waals surface area (Å²) in [5.74, 6) is -1.53. The molecule has 0 aliphatic rings. The van der Waals surface area contributed by atoms with E-state index in [-0.39, 0.29) is 12.5 Å². The van der Waals surface area contributed by atoms with E-state index in [2.05, 4.69) is 0 Å². The summed E-state index contributed by atoms with van der Waals surface area (Å²) in [7, 11) is 0. The van der Waals surface area contributed by atoms with E-state index in [9.17, 15) is 9.59 Å². The van der Waals surface area contributed by atoms with Gasteiger partial charge in [0, 0.05) is 13.5 Å². The van der Waals surface area contributed by atoms with E-state index in [0.717, 1.165) is 4.90 Å². The van der Waals surface area contributed by atoms with Crippen LogP contribution in [0, 0.1) is 0 Å². The predicted octanol–water partition coefficient (Wildman–Crippen LogP) is -0.700. The van der Waals surface area contributed by atoms with Crippen LogP contribution >= 0.6 is 0 Å². The molecule has 0 aliphatic carbocycles. The maximum atomic E-state index is 10.8. The van der Waals surface area contributed by atoms with Gasteiger partial charge in [0.15, 0.2) is 6.04 Å². The van der Waals surface area contributed by atoms with Crippen LogP contribution in [0.3, 0.4) is 0 Å². The second kappa shape index (κ2) is 4.71. The maximum Gasteiger partial charge on any atom is 0.328 e. The Kier molecular flexibility index (Phi) is 4.28. The Morgan fingerprint density at radius 2 is 2.00 bits per heavy atom. The number of carboxylic acids is 1. The average Bonchev–Trinajstić information content (AvgIpc) is 1.98. The summed E-state index contributed by atoms with van der Waals surface area (Å²) in [6.07, 6.45) is 0. The lowest BCUT2D eigenvalue weighted by atomic mass is 10.2. The van der Waals surface area contributed by atoms with Crippen molar-refractivity contribution in [2.24, 2.45) is 0 Å². The summed E-state index contributed by atoms with van der Waals surface area (Å²) in [5, 5.41) is 17.2. The molecule has 0 radical (unpaired) electrons. The van der Waals surface area contributed by atoms with E-state index >= 15 is 0 Å². The van der Waals surface area contributed by atoms with Crippen LogP contribution in [-0.4, -0.2) is 46.2 Å². The molecule has 12 heavy (non-hydrogen) atoms. The van der Waals surface area contributed by atoms with Crippen molar-refractivity contribution in [3.05, 3.63) is 0 Å². The third-order valence-electron chi connectivity index (χ3n) is 1.58. The van der Waals surface area contributed by atoms with Gasteiger partial charge in [0.05, 0.1) is 6.61 Å². The van der Waals surface area contributed by atoms with Gasteiger partial charge in [0.1, 0.15) is 0 Å². The molecule has 2 N–H and O–H groups in total. The lowest BCUT2D eigenvalue weighted by Crippen LogP contribution is -2.46. The summed E-state index contributed by atoms with van der Waals surface area (Å²) in [6, 6.07) is -1.12. The molecule has 0 spiro atoms. The van der Waals surface area contributed by atoms with Crippen LogP contribution in [0.1, 0.15) is 13.8 Å². The van der Waals surface area contributed by atoms with E-state index in [1.165, 1.54) is 6.92 Å². The highest BCUT2D eigenvalue weighted by Gasteiger charge is 2.25. The Labute approximate surface area is 70.6 Å². The summed E-state index contributed by atoms with van der Waals surface area (Å²) in [6.45, 7) is 2.66. The number of aliphatic hydroxyl groups is 1. The summed E-state index contributed by atoms with van der Waals surface area (Å²) in [4.78, 5) is 22.4. The van der Waals surface area contributed by atoms with Gasteiger partial charge in [0.25, 0.3) is 0 Å². The zero-order valence-corrected chi connectivity index (χ0v) is 7.15. The highest BCUT2D eigenvalue weighted by atomic mass is 16.4. The van der Waals surface area contributed by atoms with Gasteiger partial charge in [-0.2, -0.15) is 0 Å². The summed E-state index contributed by atoms with van der Waals surface area (Å²) < 4.78 is 0. The number of aliphatic hydroxyl groups excluding tert-OH is 1. The van der Waals surface area contributed by atoms with Crippen LogP contribution in [-0.2, 0) is 9.59 Å². The van der Waals surface area contributed by atoms with Gasteiger partial charge < -0.3 is 15.1 Å². The summed E-state index contributed by atoms with van der Waals surface area (Å²) >= 11 is 0. The van der Waals surface area contributed by atoms with Gasteiger partial charge >= 0.3 is 5.97 Å². The van der Waals surface area contributed by atoms with Crippen molar-refractivity contribution in [3.63, 3.8) is 0 Å². The lowest BCUT2D eigenvalue weighted by molar-refractivity contribution is -0.151. The third kappa shape index (κ3) is 2.50. The molecular weight excluding hydrogens is 162 g/mol.